The van der Waals surface area contributed by atoms with E-state index in [2.05, 4.69) is 22.0 Å². The molecule has 130 valence electrons. The Bertz CT molecular complexity index is 472. The number of alkyl halides is 3. The molecule has 1 aromatic carbocycles. The summed E-state index contributed by atoms with van der Waals surface area (Å²) < 4.78 is 40.7. The van der Waals surface area contributed by atoms with E-state index in [9.17, 15) is 13.2 Å². The molecule has 0 aliphatic rings. The zero-order chi connectivity index (χ0) is 17.1. The van der Waals surface area contributed by atoms with Crippen molar-refractivity contribution in [2.45, 2.75) is 45.3 Å². The minimum absolute atomic E-state index is 0.178. The lowest BCUT2D eigenvalue weighted by molar-refractivity contribution is -0.153. The molecule has 1 aromatic rings. The van der Waals surface area contributed by atoms with Gasteiger partial charge in [0.05, 0.1) is 6.54 Å². The van der Waals surface area contributed by atoms with Crippen LogP contribution in [-0.4, -0.2) is 25.3 Å². The molecule has 1 rings (SSSR count). The second-order valence-corrected chi connectivity index (χ2v) is 5.24. The number of guanidine groups is 1. The number of nitrogens with two attached hydrogens (primary N) is 1. The number of nitrogens with zero attached hydrogens (tertiary/aromatic N) is 1. The molecule has 0 aromatic heterocycles. The van der Waals surface area contributed by atoms with Gasteiger partial charge in [0.15, 0.2) is 12.6 Å². The van der Waals surface area contributed by atoms with Gasteiger partial charge in [0.2, 0.25) is 0 Å². The molecule has 0 radical (unpaired) electrons. The third kappa shape index (κ3) is 9.65. The zero-order valence-electron chi connectivity index (χ0n) is 13.3. The van der Waals surface area contributed by atoms with Crippen molar-refractivity contribution in [2.24, 2.45) is 10.7 Å². The summed E-state index contributed by atoms with van der Waals surface area (Å²) in [6.07, 6.45) is 0.277. The van der Waals surface area contributed by atoms with Crippen LogP contribution in [0.5, 0.6) is 5.75 Å². The Labute approximate surface area is 134 Å². The van der Waals surface area contributed by atoms with Crippen LogP contribution < -0.4 is 15.8 Å². The van der Waals surface area contributed by atoms with E-state index in [1.807, 2.05) is 0 Å². The smallest absolute Gasteiger partial charge is 0.422 e. The predicted octanol–water partition coefficient (Wildman–Crippen LogP) is 3.61. The number of halogens is 3. The van der Waals surface area contributed by atoms with E-state index in [1.165, 1.54) is 25.0 Å². The fraction of sp³-hybridized carbons (Fsp3) is 0.562. The Morgan fingerprint density at radius 3 is 2.48 bits per heavy atom. The zero-order valence-corrected chi connectivity index (χ0v) is 13.3. The summed E-state index contributed by atoms with van der Waals surface area (Å²) >= 11 is 0. The maximum absolute atomic E-state index is 12.0. The van der Waals surface area contributed by atoms with Crippen molar-refractivity contribution in [1.82, 2.24) is 5.32 Å². The van der Waals surface area contributed by atoms with Gasteiger partial charge in [-0.3, -0.25) is 0 Å². The van der Waals surface area contributed by atoms with Crippen molar-refractivity contribution < 1.29 is 17.9 Å². The highest BCUT2D eigenvalue weighted by Crippen LogP contribution is 2.19. The third-order valence-electron chi connectivity index (χ3n) is 3.09. The molecular weight excluding hydrogens is 307 g/mol. The fourth-order valence-corrected chi connectivity index (χ4v) is 1.86. The van der Waals surface area contributed by atoms with Crippen LogP contribution in [0, 0.1) is 0 Å². The first-order chi connectivity index (χ1) is 10.9. The first-order valence-corrected chi connectivity index (χ1v) is 7.73. The van der Waals surface area contributed by atoms with Crippen LogP contribution in [0.2, 0.25) is 0 Å². The van der Waals surface area contributed by atoms with Crippen LogP contribution in [0.3, 0.4) is 0 Å². The maximum Gasteiger partial charge on any atom is 0.422 e. The molecule has 0 heterocycles. The Hall–Kier alpha value is -1.92. The highest BCUT2D eigenvalue weighted by Gasteiger charge is 2.28. The number of hydrogen-bond donors (Lipinski definition) is 2. The van der Waals surface area contributed by atoms with Gasteiger partial charge in [0.25, 0.3) is 0 Å². The van der Waals surface area contributed by atoms with Gasteiger partial charge in [0, 0.05) is 6.54 Å². The summed E-state index contributed by atoms with van der Waals surface area (Å²) in [5.41, 5.74) is 6.60. The lowest BCUT2D eigenvalue weighted by atomic mass is 10.2. The molecule has 3 N–H and O–H groups in total. The van der Waals surface area contributed by atoms with E-state index >= 15 is 0 Å². The Morgan fingerprint density at radius 1 is 1.17 bits per heavy atom. The third-order valence-corrected chi connectivity index (χ3v) is 3.09. The molecule has 0 saturated heterocycles. The van der Waals surface area contributed by atoms with Crippen molar-refractivity contribution in [3.05, 3.63) is 29.8 Å². The van der Waals surface area contributed by atoms with Crippen molar-refractivity contribution in [3.63, 3.8) is 0 Å². The van der Waals surface area contributed by atoms with Crippen molar-refractivity contribution in [2.75, 3.05) is 13.2 Å². The largest absolute Gasteiger partial charge is 0.484 e. The molecular formula is C16H24F3N3O. The van der Waals surface area contributed by atoms with Crippen molar-refractivity contribution in [1.29, 1.82) is 0 Å². The second kappa shape index (κ2) is 9.97. The molecule has 0 spiro atoms. The topological polar surface area (TPSA) is 59.6 Å². The van der Waals surface area contributed by atoms with E-state index in [0.717, 1.165) is 24.9 Å². The standard InChI is InChI=1S/C16H24F3N3O/c1-2-3-4-5-10-21-15(20)22-11-13-6-8-14(9-7-13)23-12-16(17,18)19/h6-9H,2-5,10-12H2,1H3,(H3,20,21,22). The minimum atomic E-state index is -4.33. The number of hydrogen-bond acceptors (Lipinski definition) is 2. The quantitative estimate of drug-likeness (QED) is 0.413. The number of aliphatic imine (C=N–C) groups is 1. The summed E-state index contributed by atoms with van der Waals surface area (Å²) in [4.78, 5) is 4.19. The van der Waals surface area contributed by atoms with E-state index in [1.54, 1.807) is 12.1 Å². The van der Waals surface area contributed by atoms with Crippen molar-refractivity contribution >= 4 is 5.96 Å². The predicted molar refractivity (Wildman–Crippen MR) is 85.5 cm³/mol. The van der Waals surface area contributed by atoms with Crippen LogP contribution in [0.1, 0.15) is 38.2 Å². The van der Waals surface area contributed by atoms with Gasteiger partial charge >= 0.3 is 6.18 Å². The average Bonchev–Trinajstić information content (AvgIpc) is 2.51. The van der Waals surface area contributed by atoms with Crippen LogP contribution >= 0.6 is 0 Å². The maximum atomic E-state index is 12.0. The average molecular weight is 331 g/mol. The molecule has 0 saturated carbocycles. The molecule has 0 fully saturated rings. The monoisotopic (exact) mass is 331 g/mol. The Balaban J connectivity index is 2.32. The van der Waals surface area contributed by atoms with Crippen LogP contribution in [0.4, 0.5) is 13.2 Å². The summed E-state index contributed by atoms with van der Waals surface area (Å²) in [7, 11) is 0. The molecule has 0 atom stereocenters. The highest BCUT2D eigenvalue weighted by molar-refractivity contribution is 5.77. The first kappa shape index (κ1) is 19.1. The summed E-state index contributed by atoms with van der Waals surface area (Å²) in [5.74, 6) is 0.552. The van der Waals surface area contributed by atoms with Crippen LogP contribution in [0.25, 0.3) is 0 Å². The minimum Gasteiger partial charge on any atom is -0.484 e. The number of nitrogens with one attached hydrogen (secondary N) is 1. The molecule has 0 unspecified atom stereocenters. The number of ether oxygens (including phenoxy) is 1. The normalized spacial score (nSPS) is 12.3. The van der Waals surface area contributed by atoms with Gasteiger partial charge in [-0.15, -0.1) is 0 Å². The van der Waals surface area contributed by atoms with Gasteiger partial charge in [-0.05, 0) is 24.1 Å². The van der Waals surface area contributed by atoms with Gasteiger partial charge < -0.3 is 15.8 Å². The van der Waals surface area contributed by atoms with Gasteiger partial charge in [-0.2, -0.15) is 13.2 Å². The molecule has 0 aliphatic heterocycles. The summed E-state index contributed by atoms with van der Waals surface area (Å²) in [6.45, 7) is 2.02. The molecule has 7 heteroatoms. The number of rotatable bonds is 9. The number of unbranched alkanes of at least 4 members (excludes halogenated alkanes) is 3. The lowest BCUT2D eigenvalue weighted by Crippen LogP contribution is -2.32. The lowest BCUT2D eigenvalue weighted by Gasteiger charge is -2.09. The number of benzene rings is 1. The Kier molecular flexibility index (Phi) is 8.29. The van der Waals surface area contributed by atoms with Crippen molar-refractivity contribution in [3.8, 4) is 5.75 Å². The molecule has 0 amide bonds. The summed E-state index contributed by atoms with van der Waals surface area (Å²) in [6, 6.07) is 6.32. The van der Waals surface area contributed by atoms with Crippen LogP contribution in [-0.2, 0) is 6.54 Å². The van der Waals surface area contributed by atoms with Gasteiger partial charge in [0.1, 0.15) is 5.75 Å². The molecule has 0 aliphatic carbocycles. The van der Waals surface area contributed by atoms with E-state index < -0.39 is 12.8 Å². The van der Waals surface area contributed by atoms with E-state index in [0.29, 0.717) is 12.5 Å². The Morgan fingerprint density at radius 2 is 1.87 bits per heavy atom. The van der Waals surface area contributed by atoms with Gasteiger partial charge in [-0.25, -0.2) is 4.99 Å². The SMILES string of the molecule is CCCCCCNC(N)=NCc1ccc(OCC(F)(F)F)cc1. The molecule has 4 nitrogen and oxygen atoms in total. The molecule has 0 bridgehead atoms. The fourth-order valence-electron chi connectivity index (χ4n) is 1.86. The summed E-state index contributed by atoms with van der Waals surface area (Å²) in [5, 5.41) is 3.04. The van der Waals surface area contributed by atoms with E-state index in [-0.39, 0.29) is 5.75 Å². The second-order valence-electron chi connectivity index (χ2n) is 5.24. The molecule has 23 heavy (non-hydrogen) atoms. The van der Waals surface area contributed by atoms with E-state index in [4.69, 9.17) is 5.73 Å². The first-order valence-electron chi connectivity index (χ1n) is 7.73. The highest BCUT2D eigenvalue weighted by atomic mass is 19.4. The van der Waals surface area contributed by atoms with Crippen LogP contribution in [0.15, 0.2) is 29.3 Å². The van der Waals surface area contributed by atoms with Gasteiger partial charge in [-0.1, -0.05) is 38.3 Å².